The first-order chi connectivity index (χ1) is 10.5. The van der Waals surface area contributed by atoms with E-state index in [9.17, 15) is 20.0 Å². The molecular formula is C15H13NO5S. The molecule has 6 nitrogen and oxygen atoms in total. The number of hydrogen-bond acceptors (Lipinski definition) is 5. The molecule has 0 spiro atoms. The Hall–Kier alpha value is -2.54. The zero-order valence-corrected chi connectivity index (χ0v) is 12.5. The van der Waals surface area contributed by atoms with E-state index in [4.69, 9.17) is 4.74 Å². The highest BCUT2D eigenvalue weighted by Gasteiger charge is 2.16. The van der Waals surface area contributed by atoms with E-state index in [1.807, 2.05) is 24.3 Å². The monoisotopic (exact) mass is 319 g/mol. The highest BCUT2D eigenvalue weighted by atomic mass is 32.2. The first kappa shape index (κ1) is 15.8. The molecule has 2 aromatic rings. The Balaban J connectivity index is 2.21. The van der Waals surface area contributed by atoms with E-state index in [2.05, 4.69) is 0 Å². The van der Waals surface area contributed by atoms with Crippen LogP contribution in [0.5, 0.6) is 5.75 Å². The second-order valence-electron chi connectivity index (χ2n) is 4.38. The zero-order chi connectivity index (χ0) is 16.1. The van der Waals surface area contributed by atoms with Crippen LogP contribution < -0.4 is 4.74 Å². The van der Waals surface area contributed by atoms with Crippen molar-refractivity contribution in [3.05, 3.63) is 63.7 Å². The number of nitrogens with zero attached hydrogens (tertiary/aromatic N) is 1. The van der Waals surface area contributed by atoms with Gasteiger partial charge in [-0.25, -0.2) is 4.79 Å². The van der Waals surface area contributed by atoms with Crippen molar-refractivity contribution < 1.29 is 19.6 Å². The molecule has 0 amide bonds. The summed E-state index contributed by atoms with van der Waals surface area (Å²) >= 11 is 1.31. The molecule has 0 saturated heterocycles. The zero-order valence-electron chi connectivity index (χ0n) is 11.7. The van der Waals surface area contributed by atoms with Crippen LogP contribution in [0, 0.1) is 10.1 Å². The van der Waals surface area contributed by atoms with E-state index in [0.29, 0.717) is 10.6 Å². The van der Waals surface area contributed by atoms with Crippen molar-refractivity contribution >= 4 is 23.4 Å². The predicted octanol–water partition coefficient (Wildman–Crippen LogP) is 3.59. The first-order valence-electron chi connectivity index (χ1n) is 6.28. The van der Waals surface area contributed by atoms with E-state index in [1.54, 1.807) is 7.11 Å². The Morgan fingerprint density at radius 1 is 1.32 bits per heavy atom. The molecule has 1 N–H and O–H groups in total. The minimum absolute atomic E-state index is 0.0675. The Bertz CT molecular complexity index is 717. The maximum Gasteiger partial charge on any atom is 0.337 e. The van der Waals surface area contributed by atoms with Crippen LogP contribution in [0.15, 0.2) is 47.4 Å². The normalized spacial score (nSPS) is 10.2. The molecule has 0 saturated carbocycles. The number of carboxylic acids is 1. The molecule has 0 heterocycles. The summed E-state index contributed by atoms with van der Waals surface area (Å²) < 4.78 is 5.13. The lowest BCUT2D eigenvalue weighted by Gasteiger charge is -2.07. The fourth-order valence-electron chi connectivity index (χ4n) is 1.85. The van der Waals surface area contributed by atoms with Crippen molar-refractivity contribution in [2.45, 2.75) is 10.6 Å². The molecule has 0 unspecified atom stereocenters. The van der Waals surface area contributed by atoms with Crippen LogP contribution in [0.2, 0.25) is 0 Å². The topological polar surface area (TPSA) is 89.7 Å². The molecule has 7 heteroatoms. The Labute approximate surface area is 130 Å². The average molecular weight is 319 g/mol. The lowest BCUT2D eigenvalue weighted by atomic mass is 10.2. The number of nitro groups is 1. The van der Waals surface area contributed by atoms with Crippen LogP contribution in [-0.4, -0.2) is 23.1 Å². The van der Waals surface area contributed by atoms with Gasteiger partial charge in [0.15, 0.2) is 0 Å². The summed E-state index contributed by atoms with van der Waals surface area (Å²) in [6.07, 6.45) is 0. The highest BCUT2D eigenvalue weighted by molar-refractivity contribution is 7.98. The average Bonchev–Trinajstić information content (AvgIpc) is 2.52. The number of aromatic carboxylic acids is 1. The number of benzene rings is 2. The van der Waals surface area contributed by atoms with Gasteiger partial charge in [-0.2, -0.15) is 0 Å². The van der Waals surface area contributed by atoms with Gasteiger partial charge in [-0.05, 0) is 23.8 Å². The number of rotatable bonds is 6. The maximum atomic E-state index is 11.3. The molecule has 2 aromatic carbocycles. The fraction of sp³-hybridized carbons (Fsp3) is 0.133. The van der Waals surface area contributed by atoms with Crippen LogP contribution in [-0.2, 0) is 5.75 Å². The lowest BCUT2D eigenvalue weighted by Crippen LogP contribution is -2.01. The number of non-ortho nitro benzene ring substituents is 1. The summed E-state index contributed by atoms with van der Waals surface area (Å²) in [4.78, 5) is 21.9. The van der Waals surface area contributed by atoms with Crippen LogP contribution in [0.4, 0.5) is 5.69 Å². The standard InChI is InChI=1S/C15H13NO5S/c1-21-12-4-2-3-10(7-12)9-22-14-6-5-11(16(19)20)8-13(14)15(17)18/h2-8H,9H2,1H3,(H,17,18). The van der Waals surface area contributed by atoms with Gasteiger partial charge in [0.05, 0.1) is 17.6 Å². The number of carbonyl (C=O) groups is 1. The number of methoxy groups -OCH3 is 1. The van der Waals surface area contributed by atoms with Gasteiger partial charge >= 0.3 is 5.97 Å². The van der Waals surface area contributed by atoms with Gasteiger partial charge < -0.3 is 9.84 Å². The number of ether oxygens (including phenoxy) is 1. The van der Waals surface area contributed by atoms with E-state index in [0.717, 1.165) is 17.4 Å². The van der Waals surface area contributed by atoms with Gasteiger partial charge in [0.2, 0.25) is 0 Å². The van der Waals surface area contributed by atoms with Crippen LogP contribution in [0.1, 0.15) is 15.9 Å². The van der Waals surface area contributed by atoms with E-state index < -0.39 is 10.9 Å². The summed E-state index contributed by atoms with van der Waals surface area (Å²) in [6, 6.07) is 11.3. The smallest absolute Gasteiger partial charge is 0.337 e. The molecule has 0 aromatic heterocycles. The van der Waals surface area contributed by atoms with E-state index in [-0.39, 0.29) is 11.3 Å². The minimum Gasteiger partial charge on any atom is -0.497 e. The third kappa shape index (κ3) is 3.76. The maximum absolute atomic E-state index is 11.3. The molecule has 0 aliphatic carbocycles. The van der Waals surface area contributed by atoms with Crippen molar-refractivity contribution in [3.8, 4) is 5.75 Å². The minimum atomic E-state index is -1.18. The van der Waals surface area contributed by atoms with Gasteiger partial charge in [-0.15, -0.1) is 11.8 Å². The molecule has 0 bridgehead atoms. The van der Waals surface area contributed by atoms with Gasteiger partial charge in [0.25, 0.3) is 5.69 Å². The van der Waals surface area contributed by atoms with Crippen LogP contribution in [0.3, 0.4) is 0 Å². The second-order valence-corrected chi connectivity index (χ2v) is 5.40. The van der Waals surface area contributed by atoms with Crippen molar-refractivity contribution in [1.29, 1.82) is 0 Å². The fourth-order valence-corrected chi connectivity index (χ4v) is 2.82. The Morgan fingerprint density at radius 2 is 2.09 bits per heavy atom. The molecule has 114 valence electrons. The van der Waals surface area contributed by atoms with Crippen LogP contribution >= 0.6 is 11.8 Å². The molecule has 0 aliphatic rings. The molecule has 0 fully saturated rings. The molecule has 22 heavy (non-hydrogen) atoms. The van der Waals surface area contributed by atoms with Gasteiger partial charge in [0, 0.05) is 22.8 Å². The number of thioether (sulfide) groups is 1. The molecule has 0 atom stereocenters. The number of nitro benzene ring substituents is 1. The summed E-state index contributed by atoms with van der Waals surface area (Å²) in [5.74, 6) is 0.0760. The SMILES string of the molecule is COc1cccc(CSc2ccc([N+](=O)[O-])cc2C(=O)O)c1. The summed E-state index contributed by atoms with van der Waals surface area (Å²) in [5, 5.41) is 19.9. The highest BCUT2D eigenvalue weighted by Crippen LogP contribution is 2.30. The van der Waals surface area contributed by atoms with Crippen molar-refractivity contribution in [3.63, 3.8) is 0 Å². The molecule has 0 radical (unpaired) electrons. The summed E-state index contributed by atoms with van der Waals surface area (Å²) in [6.45, 7) is 0. The quantitative estimate of drug-likeness (QED) is 0.497. The Morgan fingerprint density at radius 3 is 2.73 bits per heavy atom. The number of carboxylic acid groups (broad SMARTS) is 1. The van der Waals surface area contributed by atoms with Gasteiger partial charge in [-0.3, -0.25) is 10.1 Å². The summed E-state index contributed by atoms with van der Waals surface area (Å²) in [7, 11) is 1.57. The first-order valence-corrected chi connectivity index (χ1v) is 7.27. The van der Waals surface area contributed by atoms with Crippen LogP contribution in [0.25, 0.3) is 0 Å². The predicted molar refractivity (Wildman–Crippen MR) is 82.6 cm³/mol. The second kappa shape index (κ2) is 6.95. The van der Waals surface area contributed by atoms with E-state index in [1.165, 1.54) is 23.9 Å². The van der Waals surface area contributed by atoms with Gasteiger partial charge in [-0.1, -0.05) is 12.1 Å². The lowest BCUT2D eigenvalue weighted by molar-refractivity contribution is -0.384. The number of hydrogen-bond donors (Lipinski definition) is 1. The van der Waals surface area contributed by atoms with Crippen molar-refractivity contribution in [2.75, 3.05) is 7.11 Å². The molecule has 2 rings (SSSR count). The third-order valence-corrected chi connectivity index (χ3v) is 4.08. The van der Waals surface area contributed by atoms with E-state index >= 15 is 0 Å². The largest absolute Gasteiger partial charge is 0.497 e. The van der Waals surface area contributed by atoms with Gasteiger partial charge in [0.1, 0.15) is 5.75 Å². The van der Waals surface area contributed by atoms with Crippen molar-refractivity contribution in [2.24, 2.45) is 0 Å². The molecular weight excluding hydrogens is 306 g/mol. The van der Waals surface area contributed by atoms with Crippen molar-refractivity contribution in [1.82, 2.24) is 0 Å². The Kier molecular flexibility index (Phi) is 5.00. The third-order valence-electron chi connectivity index (χ3n) is 2.93. The molecule has 0 aliphatic heterocycles. The summed E-state index contributed by atoms with van der Waals surface area (Å²) in [5.41, 5.74) is 0.671.